The summed E-state index contributed by atoms with van der Waals surface area (Å²) >= 11 is 0. The Bertz CT molecular complexity index is 1920. The molecule has 0 aliphatic heterocycles. The number of nitrogens with one attached hydrogen (secondary N) is 3. The van der Waals surface area contributed by atoms with E-state index < -0.39 is 26.0 Å². The van der Waals surface area contributed by atoms with Gasteiger partial charge in [-0.15, -0.1) is 0 Å². The highest BCUT2D eigenvalue weighted by molar-refractivity contribution is 7.93. The van der Waals surface area contributed by atoms with Crippen LogP contribution in [0.25, 0.3) is 10.8 Å². The van der Waals surface area contributed by atoms with Crippen LogP contribution < -0.4 is 14.8 Å². The van der Waals surface area contributed by atoms with Crippen LogP contribution in [0.4, 0.5) is 17.1 Å². The average Bonchev–Trinajstić information content (AvgIpc) is 2.94. The molecule has 40 heavy (non-hydrogen) atoms. The van der Waals surface area contributed by atoms with Crippen molar-refractivity contribution in [2.45, 2.75) is 16.7 Å². The van der Waals surface area contributed by atoms with E-state index in [0.29, 0.717) is 11.4 Å². The van der Waals surface area contributed by atoms with Gasteiger partial charge in [0.25, 0.3) is 26.0 Å². The quantitative estimate of drug-likeness (QED) is 0.211. The van der Waals surface area contributed by atoms with Crippen molar-refractivity contribution in [3.05, 3.63) is 126 Å². The predicted molar refractivity (Wildman–Crippen MR) is 158 cm³/mol. The zero-order valence-electron chi connectivity index (χ0n) is 21.3. The van der Waals surface area contributed by atoms with Gasteiger partial charge in [0.05, 0.1) is 26.7 Å². The summed E-state index contributed by atoms with van der Waals surface area (Å²) in [4.78, 5) is 13.2. The van der Waals surface area contributed by atoms with E-state index in [4.69, 9.17) is 0 Å². The molecule has 0 aliphatic carbocycles. The summed E-state index contributed by atoms with van der Waals surface area (Å²) in [7, 11) is -7.82. The first-order chi connectivity index (χ1) is 19.1. The summed E-state index contributed by atoms with van der Waals surface area (Å²) < 4.78 is 57.0. The van der Waals surface area contributed by atoms with E-state index in [1.54, 1.807) is 36.4 Å². The van der Waals surface area contributed by atoms with Crippen molar-refractivity contribution in [2.24, 2.45) is 0 Å². The number of sulfonamides is 2. The SMILES string of the molecule is Cc1ccc(S(=O)(=O)Nc2ccccc2C(=O)Nc2ccc(S(=O)(=O)Nc3cccc4ccccc34)cc2)cc1. The Labute approximate surface area is 232 Å². The Morgan fingerprint density at radius 3 is 1.80 bits per heavy atom. The van der Waals surface area contributed by atoms with Crippen molar-refractivity contribution in [3.8, 4) is 0 Å². The van der Waals surface area contributed by atoms with E-state index in [9.17, 15) is 21.6 Å². The van der Waals surface area contributed by atoms with E-state index in [-0.39, 0.29) is 21.0 Å². The van der Waals surface area contributed by atoms with Crippen molar-refractivity contribution in [3.63, 3.8) is 0 Å². The molecule has 8 nitrogen and oxygen atoms in total. The molecule has 0 atom stereocenters. The number of anilines is 3. The number of hydrogen-bond donors (Lipinski definition) is 3. The fourth-order valence-electron chi connectivity index (χ4n) is 4.13. The first-order valence-electron chi connectivity index (χ1n) is 12.2. The minimum atomic E-state index is -3.92. The van der Waals surface area contributed by atoms with Gasteiger partial charge in [0, 0.05) is 11.1 Å². The molecule has 0 radical (unpaired) electrons. The lowest BCUT2D eigenvalue weighted by molar-refractivity contribution is 0.102. The largest absolute Gasteiger partial charge is 0.322 e. The molecule has 0 spiro atoms. The van der Waals surface area contributed by atoms with Gasteiger partial charge >= 0.3 is 0 Å². The van der Waals surface area contributed by atoms with Crippen LogP contribution in [0.5, 0.6) is 0 Å². The molecule has 0 bridgehead atoms. The van der Waals surface area contributed by atoms with E-state index in [1.807, 2.05) is 37.3 Å². The topological polar surface area (TPSA) is 121 Å². The van der Waals surface area contributed by atoms with Gasteiger partial charge < -0.3 is 5.32 Å². The van der Waals surface area contributed by atoms with Crippen LogP contribution >= 0.6 is 0 Å². The number of para-hydroxylation sites is 1. The average molecular weight is 572 g/mol. The molecular formula is C30H25N3O5S2. The zero-order chi connectivity index (χ0) is 28.3. The fraction of sp³-hybridized carbons (Fsp3) is 0.0333. The third kappa shape index (κ3) is 5.83. The fourth-order valence-corrected chi connectivity index (χ4v) is 6.28. The maximum absolute atomic E-state index is 13.1. The number of benzene rings is 5. The highest BCUT2D eigenvalue weighted by atomic mass is 32.2. The second-order valence-electron chi connectivity index (χ2n) is 9.07. The number of carbonyl (C=O) groups is 1. The number of aryl methyl sites for hydroxylation is 1. The van der Waals surface area contributed by atoms with Gasteiger partial charge in [0.15, 0.2) is 0 Å². The zero-order valence-corrected chi connectivity index (χ0v) is 23.0. The smallest absolute Gasteiger partial charge is 0.261 e. The number of carbonyl (C=O) groups excluding carboxylic acids is 1. The lowest BCUT2D eigenvalue weighted by Crippen LogP contribution is -2.18. The normalized spacial score (nSPS) is 11.6. The minimum absolute atomic E-state index is 0.0182. The molecule has 10 heteroatoms. The second-order valence-corrected chi connectivity index (χ2v) is 12.4. The molecule has 202 valence electrons. The molecule has 0 saturated carbocycles. The van der Waals surface area contributed by atoms with Gasteiger partial charge in [-0.2, -0.15) is 0 Å². The maximum Gasteiger partial charge on any atom is 0.261 e. The third-order valence-electron chi connectivity index (χ3n) is 6.20. The summed E-state index contributed by atoms with van der Waals surface area (Å²) in [6.07, 6.45) is 0. The van der Waals surface area contributed by atoms with Crippen LogP contribution in [-0.4, -0.2) is 22.7 Å². The highest BCUT2D eigenvalue weighted by Gasteiger charge is 2.20. The molecule has 0 saturated heterocycles. The summed E-state index contributed by atoms with van der Waals surface area (Å²) in [5, 5.41) is 4.37. The van der Waals surface area contributed by atoms with E-state index in [2.05, 4.69) is 14.8 Å². The molecule has 0 aliphatic rings. The van der Waals surface area contributed by atoms with Crippen LogP contribution in [0.2, 0.25) is 0 Å². The number of rotatable bonds is 8. The minimum Gasteiger partial charge on any atom is -0.322 e. The van der Waals surface area contributed by atoms with Gasteiger partial charge in [-0.1, -0.05) is 66.2 Å². The molecule has 5 aromatic rings. The molecule has 5 aromatic carbocycles. The Morgan fingerprint density at radius 1 is 0.575 bits per heavy atom. The van der Waals surface area contributed by atoms with Crippen molar-refractivity contribution in [2.75, 3.05) is 14.8 Å². The van der Waals surface area contributed by atoms with Crippen molar-refractivity contribution >= 4 is 53.8 Å². The van der Waals surface area contributed by atoms with Gasteiger partial charge in [-0.25, -0.2) is 16.8 Å². The van der Waals surface area contributed by atoms with Crippen LogP contribution in [0.3, 0.4) is 0 Å². The Morgan fingerprint density at radius 2 is 1.10 bits per heavy atom. The van der Waals surface area contributed by atoms with Crippen molar-refractivity contribution in [1.82, 2.24) is 0 Å². The van der Waals surface area contributed by atoms with Gasteiger partial charge in [-0.3, -0.25) is 14.2 Å². The van der Waals surface area contributed by atoms with E-state index in [0.717, 1.165) is 16.3 Å². The van der Waals surface area contributed by atoms with Gasteiger partial charge in [-0.05, 0) is 66.9 Å². The predicted octanol–water partition coefficient (Wildman–Crippen LogP) is 6.00. The molecule has 0 aromatic heterocycles. The maximum atomic E-state index is 13.1. The number of hydrogen-bond acceptors (Lipinski definition) is 5. The third-order valence-corrected chi connectivity index (χ3v) is 8.97. The summed E-state index contributed by atoms with van der Waals surface area (Å²) in [6, 6.07) is 31.1. The van der Waals surface area contributed by atoms with Crippen LogP contribution in [-0.2, 0) is 20.0 Å². The van der Waals surface area contributed by atoms with Gasteiger partial charge in [0.2, 0.25) is 0 Å². The molecule has 0 heterocycles. The Balaban J connectivity index is 1.32. The first kappa shape index (κ1) is 26.9. The molecule has 5 rings (SSSR count). The van der Waals surface area contributed by atoms with Crippen molar-refractivity contribution in [1.29, 1.82) is 0 Å². The standard InChI is InChI=1S/C30H25N3O5S2/c1-21-13-17-24(18-14-21)39(35,36)33-29-11-5-4-10-27(29)30(34)31-23-15-19-25(20-16-23)40(37,38)32-28-12-6-8-22-7-2-3-9-26(22)28/h2-20,32-33H,1H3,(H,31,34). The van der Waals surface area contributed by atoms with Gasteiger partial charge in [0.1, 0.15) is 0 Å². The number of fused-ring (bicyclic) bond motifs is 1. The summed E-state index contributed by atoms with van der Waals surface area (Å²) in [5.74, 6) is -0.563. The molecular weight excluding hydrogens is 546 g/mol. The molecule has 0 unspecified atom stereocenters. The summed E-state index contributed by atoms with van der Waals surface area (Å²) in [6.45, 7) is 1.85. The lowest BCUT2D eigenvalue weighted by Gasteiger charge is -2.14. The highest BCUT2D eigenvalue weighted by Crippen LogP contribution is 2.27. The Hall–Kier alpha value is -4.67. The first-order valence-corrected chi connectivity index (χ1v) is 15.2. The summed E-state index contributed by atoms with van der Waals surface area (Å²) in [5.41, 5.74) is 1.93. The molecule has 0 fully saturated rings. The molecule has 1 amide bonds. The molecule has 3 N–H and O–H groups in total. The number of amides is 1. The van der Waals surface area contributed by atoms with E-state index >= 15 is 0 Å². The monoisotopic (exact) mass is 571 g/mol. The van der Waals surface area contributed by atoms with E-state index in [1.165, 1.54) is 48.5 Å². The van der Waals surface area contributed by atoms with Crippen LogP contribution in [0, 0.1) is 6.92 Å². The van der Waals surface area contributed by atoms with Crippen molar-refractivity contribution < 1.29 is 21.6 Å². The van der Waals surface area contributed by atoms with Crippen LogP contribution in [0.1, 0.15) is 15.9 Å². The Kier molecular flexibility index (Phi) is 7.29. The second kappa shape index (κ2) is 10.8. The lowest BCUT2D eigenvalue weighted by atomic mass is 10.1. The van der Waals surface area contributed by atoms with Crippen LogP contribution in [0.15, 0.2) is 125 Å².